The predicted octanol–water partition coefficient (Wildman–Crippen LogP) is 2.23. The molecule has 2 aromatic carbocycles. The number of alkyl halides is 3. The number of imide groups is 1. The molecule has 2 amide bonds. The second-order valence-corrected chi connectivity index (χ2v) is 6.63. The van der Waals surface area contributed by atoms with Crippen LogP contribution in [0.5, 0.6) is 0 Å². The molecule has 0 saturated heterocycles. The molecule has 24 heavy (non-hydrogen) atoms. The number of fused-ring (bicyclic) bond motifs is 1. The van der Waals surface area contributed by atoms with E-state index in [1.165, 1.54) is 12.3 Å². The van der Waals surface area contributed by atoms with Crippen molar-refractivity contribution in [2.45, 2.75) is 6.18 Å². The van der Waals surface area contributed by atoms with Crippen LogP contribution in [0.1, 0.15) is 31.8 Å². The van der Waals surface area contributed by atoms with Crippen molar-refractivity contribution in [3.8, 4) is 0 Å². The van der Waals surface area contributed by atoms with Gasteiger partial charge in [0.15, 0.2) is 0 Å². The minimum absolute atomic E-state index is 0.278. The molecule has 2 aromatic rings. The minimum atomic E-state index is -4.44. The van der Waals surface area contributed by atoms with Crippen LogP contribution in [-0.2, 0) is 6.18 Å². The first kappa shape index (κ1) is 16.5. The van der Waals surface area contributed by atoms with Gasteiger partial charge in [-0.25, -0.2) is 0 Å². The van der Waals surface area contributed by atoms with Gasteiger partial charge in [0.2, 0.25) is 0 Å². The summed E-state index contributed by atoms with van der Waals surface area (Å²) in [5.74, 6) is -0.973. The molecule has 0 bridgehead atoms. The van der Waals surface area contributed by atoms with Gasteiger partial charge >= 0.3 is 144 Å². The van der Waals surface area contributed by atoms with E-state index in [4.69, 9.17) is 0 Å². The summed E-state index contributed by atoms with van der Waals surface area (Å²) < 4.78 is 39.1. The van der Waals surface area contributed by atoms with Crippen LogP contribution in [0.2, 0.25) is 0 Å². The van der Waals surface area contributed by atoms with Gasteiger partial charge in [-0.05, 0) is 0 Å². The Morgan fingerprint density at radius 1 is 0.958 bits per heavy atom. The Kier molecular flexibility index (Phi) is 4.09. The average Bonchev–Trinajstić information content (AvgIpc) is 2.76. The van der Waals surface area contributed by atoms with E-state index in [0.717, 1.165) is 33.9 Å². The second kappa shape index (κ2) is 5.95. The first-order valence-corrected chi connectivity index (χ1v) is 8.11. The summed E-state index contributed by atoms with van der Waals surface area (Å²) in [4.78, 5) is 25.3. The number of halogens is 3. The molecule has 1 unspecified atom stereocenters. The van der Waals surface area contributed by atoms with Gasteiger partial charge in [-0.2, -0.15) is 0 Å². The van der Waals surface area contributed by atoms with E-state index in [-0.39, 0.29) is 16.7 Å². The van der Waals surface area contributed by atoms with Crippen molar-refractivity contribution >= 4 is 39.1 Å². The number of carbonyl (C=O) groups excluding carboxylic acids is 2. The van der Waals surface area contributed by atoms with E-state index in [0.29, 0.717) is 4.35 Å². The van der Waals surface area contributed by atoms with Gasteiger partial charge < -0.3 is 0 Å². The van der Waals surface area contributed by atoms with Crippen molar-refractivity contribution in [3.05, 3.63) is 70.9 Å². The summed E-state index contributed by atoms with van der Waals surface area (Å²) >= 11 is 1.06. The second-order valence-electron chi connectivity index (χ2n) is 5.23. The van der Waals surface area contributed by atoms with Gasteiger partial charge in [-0.15, -0.1) is 0 Å². The van der Waals surface area contributed by atoms with E-state index in [2.05, 4.69) is 0 Å². The molecule has 1 aliphatic rings. The quantitative estimate of drug-likeness (QED) is 0.580. The summed E-state index contributed by atoms with van der Waals surface area (Å²) in [5.41, 5.74) is 0.0959. The molecule has 0 aliphatic carbocycles. The molecular weight excluding hydrogens is 382 g/mol. The monoisotopic (exact) mass is 393 g/mol. The van der Waals surface area contributed by atoms with Crippen LogP contribution in [0.4, 0.5) is 13.2 Å². The van der Waals surface area contributed by atoms with E-state index in [1.807, 2.05) is 0 Å². The molecule has 0 fully saturated rings. The fraction of sp³-hybridized carbons (Fsp3) is 0.0588. The Bertz CT molecular complexity index is 839. The number of rotatable bonds is 2. The zero-order valence-corrected chi connectivity index (χ0v) is 14.6. The fourth-order valence-electron chi connectivity index (χ4n) is 2.44. The van der Waals surface area contributed by atoms with E-state index >= 15 is 0 Å². The fourth-order valence-corrected chi connectivity index (χ4v) is 3.22. The zero-order valence-electron chi connectivity index (χ0n) is 12.2. The molecule has 0 saturated carbocycles. The molecule has 0 spiro atoms. The van der Waals surface area contributed by atoms with Crippen molar-refractivity contribution in [2.24, 2.45) is 0 Å². The molecule has 0 radical (unpaired) electrons. The van der Waals surface area contributed by atoms with Crippen LogP contribution in [0.25, 0.3) is 6.08 Å². The first-order valence-electron chi connectivity index (χ1n) is 6.90. The van der Waals surface area contributed by atoms with Crippen LogP contribution in [-0.4, -0.2) is 33.6 Å². The van der Waals surface area contributed by atoms with E-state index < -0.39 is 23.6 Å². The van der Waals surface area contributed by atoms with E-state index in [1.54, 1.807) is 30.3 Å². The third-order valence-corrected chi connectivity index (χ3v) is 4.25. The van der Waals surface area contributed by atoms with Crippen LogP contribution in [0.3, 0.4) is 0 Å². The first-order chi connectivity index (χ1) is 11.3. The van der Waals surface area contributed by atoms with Crippen molar-refractivity contribution in [1.82, 2.24) is 4.90 Å². The predicted molar refractivity (Wildman–Crippen MR) is 85.6 cm³/mol. The normalized spacial score (nSPS) is 14.6. The molecule has 1 atom stereocenters. The van der Waals surface area contributed by atoms with Crippen molar-refractivity contribution in [2.75, 3.05) is 0 Å². The maximum absolute atomic E-state index is 12.9. The van der Waals surface area contributed by atoms with Crippen LogP contribution >= 0.6 is 0 Å². The number of carbonyl (C=O) groups is 2. The number of hydrogen-bond donors (Lipinski definition) is 0. The standard InChI is InChI=1S/C17H11AsF3NO2/c18-12-8-10(7-11(9-12)17(19,20)21)5-6-22-15(23)13-3-1-2-4-14(13)16(22)24/h1-9H,18H2/b6-5+. The van der Waals surface area contributed by atoms with Crippen molar-refractivity contribution < 1.29 is 22.8 Å². The summed E-state index contributed by atoms with van der Waals surface area (Å²) in [6.45, 7) is 0. The molecule has 1 heterocycles. The molecule has 3 rings (SSSR count). The zero-order chi connectivity index (χ0) is 17.5. The van der Waals surface area contributed by atoms with Crippen molar-refractivity contribution in [3.63, 3.8) is 0 Å². The Balaban J connectivity index is 1.92. The van der Waals surface area contributed by atoms with Crippen molar-refractivity contribution in [1.29, 1.82) is 0 Å². The third-order valence-electron chi connectivity index (χ3n) is 3.55. The van der Waals surface area contributed by atoms with Gasteiger partial charge in [0.25, 0.3) is 0 Å². The van der Waals surface area contributed by atoms with Gasteiger partial charge in [0.05, 0.1) is 0 Å². The summed E-state index contributed by atoms with van der Waals surface area (Å²) in [5, 5.41) is 0. The SMILES string of the molecule is O=C1c2ccccc2C(=O)N1/C=C/c1cc([AsH2])cc(C(F)(F)F)c1. The number of hydrogen-bond acceptors (Lipinski definition) is 2. The summed E-state index contributed by atoms with van der Waals surface area (Å²) in [7, 11) is 0. The van der Waals surface area contributed by atoms with E-state index in [9.17, 15) is 22.8 Å². The Hall–Kier alpha value is -2.33. The topological polar surface area (TPSA) is 37.4 Å². The van der Waals surface area contributed by atoms with Gasteiger partial charge in [0.1, 0.15) is 0 Å². The molecule has 0 N–H and O–H groups in total. The third kappa shape index (κ3) is 3.02. The summed E-state index contributed by atoms with van der Waals surface area (Å²) in [6.07, 6.45) is -1.90. The Labute approximate surface area is 144 Å². The van der Waals surface area contributed by atoms with Gasteiger partial charge in [-0.1, -0.05) is 0 Å². The van der Waals surface area contributed by atoms with Crippen LogP contribution < -0.4 is 4.35 Å². The molecule has 1 aliphatic heterocycles. The summed E-state index contributed by atoms with van der Waals surface area (Å²) in [6, 6.07) is 10.0. The number of amides is 2. The Morgan fingerprint density at radius 2 is 1.54 bits per heavy atom. The molecular formula is C17H11AsF3NO2. The molecule has 122 valence electrons. The molecule has 0 aromatic heterocycles. The van der Waals surface area contributed by atoms with Gasteiger partial charge in [-0.3, -0.25) is 0 Å². The average molecular weight is 393 g/mol. The number of benzene rings is 2. The Morgan fingerprint density at radius 3 is 2.08 bits per heavy atom. The maximum atomic E-state index is 12.9. The number of nitrogens with zero attached hydrogens (tertiary/aromatic N) is 1. The van der Waals surface area contributed by atoms with Gasteiger partial charge in [0, 0.05) is 0 Å². The van der Waals surface area contributed by atoms with Crippen LogP contribution in [0.15, 0.2) is 48.7 Å². The molecule has 3 nitrogen and oxygen atoms in total. The molecule has 7 heteroatoms. The van der Waals surface area contributed by atoms with Crippen LogP contribution in [0, 0.1) is 0 Å².